The molecule has 2 heterocycles. The van der Waals surface area contributed by atoms with E-state index in [1.165, 1.54) is 0 Å². The van der Waals surface area contributed by atoms with E-state index in [4.69, 9.17) is 9.47 Å². The molecule has 0 spiro atoms. The van der Waals surface area contributed by atoms with Gasteiger partial charge in [0.2, 0.25) is 17.7 Å². The van der Waals surface area contributed by atoms with Gasteiger partial charge >= 0.3 is 6.09 Å². The lowest BCUT2D eigenvalue weighted by molar-refractivity contribution is -0.137. The second-order valence-corrected chi connectivity index (χ2v) is 12.3. The molecule has 0 aliphatic carbocycles. The molecule has 2 aliphatic rings. The largest absolute Gasteiger partial charge is 0.494 e. The van der Waals surface area contributed by atoms with Gasteiger partial charge in [0.25, 0.3) is 0 Å². The fraction of sp³-hybridized carbons (Fsp3) is 0.436. The van der Waals surface area contributed by atoms with Gasteiger partial charge in [-0.05, 0) is 79.3 Å². The Morgan fingerprint density at radius 2 is 1.65 bits per heavy atom. The van der Waals surface area contributed by atoms with Crippen LogP contribution in [0.25, 0.3) is 0 Å². The van der Waals surface area contributed by atoms with E-state index in [0.717, 1.165) is 47.3 Å². The molecule has 0 saturated carbocycles. The first-order valence-electron chi connectivity index (χ1n) is 17.4. The number of amides is 4. The van der Waals surface area contributed by atoms with Crippen molar-refractivity contribution in [3.05, 3.63) is 101 Å². The van der Waals surface area contributed by atoms with Gasteiger partial charge in [-0.2, -0.15) is 0 Å². The van der Waals surface area contributed by atoms with Crippen molar-refractivity contribution >= 4 is 23.8 Å². The molecule has 3 aromatic carbocycles. The van der Waals surface area contributed by atoms with Crippen LogP contribution >= 0.6 is 0 Å². The first-order chi connectivity index (χ1) is 23.8. The highest BCUT2D eigenvalue weighted by Gasteiger charge is 2.32. The van der Waals surface area contributed by atoms with Gasteiger partial charge in [-0.15, -0.1) is 0 Å². The van der Waals surface area contributed by atoms with E-state index in [1.54, 1.807) is 4.90 Å². The molecule has 3 N–H and O–H groups in total. The summed E-state index contributed by atoms with van der Waals surface area (Å²) in [5, 5.41) is 8.45. The molecule has 10 heteroatoms. The fourth-order valence-corrected chi connectivity index (χ4v) is 6.02. The third kappa shape index (κ3) is 11.7. The normalized spacial score (nSPS) is 20.2. The van der Waals surface area contributed by atoms with Crippen molar-refractivity contribution in [2.45, 2.75) is 84.5 Å². The average molecular weight is 671 g/mol. The molecular formula is C39H50N4O6. The predicted octanol–water partition coefficient (Wildman–Crippen LogP) is 5.46. The average Bonchev–Trinajstić information content (AvgIpc) is 3.13. The zero-order valence-corrected chi connectivity index (χ0v) is 28.9. The molecule has 1 fully saturated rings. The summed E-state index contributed by atoms with van der Waals surface area (Å²) in [6, 6.07) is 22.6. The lowest BCUT2D eigenvalue weighted by Gasteiger charge is -2.34. The molecule has 49 heavy (non-hydrogen) atoms. The summed E-state index contributed by atoms with van der Waals surface area (Å²) in [5.74, 6) is -0.240. The monoisotopic (exact) mass is 670 g/mol. The molecule has 2 aliphatic heterocycles. The summed E-state index contributed by atoms with van der Waals surface area (Å²) in [5.41, 5.74) is 3.73. The molecule has 0 radical (unpaired) electrons. The number of benzene rings is 3. The zero-order chi connectivity index (χ0) is 35.0. The number of rotatable bonds is 6. The third-order valence-corrected chi connectivity index (χ3v) is 8.84. The van der Waals surface area contributed by atoms with Crippen molar-refractivity contribution in [3.63, 3.8) is 0 Å². The molecule has 262 valence electrons. The van der Waals surface area contributed by atoms with Crippen LogP contribution in [0, 0.1) is 12.8 Å². The summed E-state index contributed by atoms with van der Waals surface area (Å²) >= 11 is 0. The van der Waals surface area contributed by atoms with Gasteiger partial charge in [-0.25, -0.2) is 4.79 Å². The van der Waals surface area contributed by atoms with E-state index >= 15 is 0 Å². The van der Waals surface area contributed by atoms with Crippen LogP contribution in [-0.4, -0.2) is 60.5 Å². The van der Waals surface area contributed by atoms with Crippen molar-refractivity contribution in [2.24, 2.45) is 5.92 Å². The van der Waals surface area contributed by atoms with Gasteiger partial charge in [0.05, 0.1) is 13.0 Å². The Labute approximate surface area is 289 Å². The van der Waals surface area contributed by atoms with E-state index in [2.05, 4.69) is 16.0 Å². The molecule has 10 nitrogen and oxygen atoms in total. The second kappa shape index (κ2) is 19.2. The number of hydrogen-bond acceptors (Lipinski definition) is 6. The molecule has 3 atom stereocenters. The molecule has 2 unspecified atom stereocenters. The molecule has 3 aromatic rings. The van der Waals surface area contributed by atoms with Crippen molar-refractivity contribution in [2.75, 3.05) is 19.7 Å². The minimum atomic E-state index is -1.24. The van der Waals surface area contributed by atoms with E-state index in [-0.39, 0.29) is 37.3 Å². The van der Waals surface area contributed by atoms with Gasteiger partial charge in [-0.1, -0.05) is 80.6 Å². The molecule has 1 saturated heterocycles. The summed E-state index contributed by atoms with van der Waals surface area (Å²) in [6.45, 7) is 7.87. The van der Waals surface area contributed by atoms with Crippen LogP contribution in [0.3, 0.4) is 0 Å². The van der Waals surface area contributed by atoms with E-state index in [0.29, 0.717) is 32.5 Å². The molecule has 4 amide bonds. The highest BCUT2D eigenvalue weighted by atomic mass is 16.5. The van der Waals surface area contributed by atoms with Crippen LogP contribution in [0.15, 0.2) is 78.9 Å². The van der Waals surface area contributed by atoms with Crippen LogP contribution in [-0.2, 0) is 38.7 Å². The summed E-state index contributed by atoms with van der Waals surface area (Å²) in [4.78, 5) is 55.8. The number of carbonyl (C=O) groups excluding carboxylic acids is 4. The van der Waals surface area contributed by atoms with Crippen molar-refractivity contribution < 1.29 is 28.7 Å². The van der Waals surface area contributed by atoms with Gasteiger partial charge in [-0.3, -0.25) is 14.4 Å². The van der Waals surface area contributed by atoms with Gasteiger partial charge in [0.15, 0.2) is 0 Å². The molecule has 0 aromatic heterocycles. The maximum Gasteiger partial charge on any atom is 0.408 e. The number of alkyl carbamates (subject to hydrolysis) is 1. The third-order valence-electron chi connectivity index (χ3n) is 8.84. The summed E-state index contributed by atoms with van der Waals surface area (Å²) in [7, 11) is 0. The van der Waals surface area contributed by atoms with Gasteiger partial charge in [0, 0.05) is 19.6 Å². The van der Waals surface area contributed by atoms with Crippen LogP contribution in [0.2, 0.25) is 0 Å². The smallest absolute Gasteiger partial charge is 0.408 e. The highest BCUT2D eigenvalue weighted by Crippen LogP contribution is 2.23. The van der Waals surface area contributed by atoms with Crippen molar-refractivity contribution in [3.8, 4) is 5.75 Å². The number of nitrogens with one attached hydrogen (secondary N) is 3. The number of ether oxygens (including phenoxy) is 2. The Kier molecular flexibility index (Phi) is 14.5. The van der Waals surface area contributed by atoms with E-state index in [1.807, 2.05) is 99.6 Å². The topological polar surface area (TPSA) is 126 Å². The number of piperidine rings is 1. The second-order valence-electron chi connectivity index (χ2n) is 12.3. The SMILES string of the molecule is CC.Cc1ccc2cc1CNC(=O)C(CCc1ccccc1)NC(=O)[C@@H](NC(=O)OCc1ccccc1)CC(=O)N1CCCC(CCO2)C1. The highest BCUT2D eigenvalue weighted by molar-refractivity contribution is 5.94. The van der Waals surface area contributed by atoms with Crippen molar-refractivity contribution in [1.29, 1.82) is 0 Å². The Balaban J connectivity index is 0.00000265. The van der Waals surface area contributed by atoms with Crippen molar-refractivity contribution in [1.82, 2.24) is 20.9 Å². The molecule has 4 bridgehead atoms. The standard InChI is InChI=1S/C37H44N4O6.C2H6/c1-26-14-16-31-21-30(26)23-38-35(43)32(17-15-27-9-4-2-5-10-27)39-36(44)33(40-37(45)47-25-29-11-6-3-7-12-29)22-34(42)41-19-8-13-28(24-41)18-20-46-31;1-2/h2-7,9-12,14,16,21,28,32-33H,8,13,15,17-20,22-25H2,1H3,(H,38,43)(H,39,44)(H,40,45);1-2H3/t28?,32?,33-;/m0./s1. The van der Waals surface area contributed by atoms with Crippen LogP contribution < -0.4 is 20.7 Å². The molecular weight excluding hydrogens is 620 g/mol. The maximum absolute atomic E-state index is 13.9. The lowest BCUT2D eigenvalue weighted by atomic mass is 9.94. The lowest BCUT2D eigenvalue weighted by Crippen LogP contribution is -2.55. The number of carbonyl (C=O) groups is 4. The predicted molar refractivity (Wildman–Crippen MR) is 189 cm³/mol. The van der Waals surface area contributed by atoms with Crippen LogP contribution in [0.5, 0.6) is 5.75 Å². The quantitative estimate of drug-likeness (QED) is 0.320. The Hall–Kier alpha value is -4.86. The minimum absolute atomic E-state index is 0.00750. The number of aryl methyl sites for hydroxylation is 2. The van der Waals surface area contributed by atoms with Gasteiger partial charge < -0.3 is 30.3 Å². The van der Waals surface area contributed by atoms with E-state index in [9.17, 15) is 19.2 Å². The maximum atomic E-state index is 13.9. The zero-order valence-electron chi connectivity index (χ0n) is 28.9. The van der Waals surface area contributed by atoms with Crippen LogP contribution in [0.4, 0.5) is 4.79 Å². The fourth-order valence-electron chi connectivity index (χ4n) is 6.02. The van der Waals surface area contributed by atoms with E-state index < -0.39 is 24.1 Å². The number of nitrogens with zero attached hydrogens (tertiary/aromatic N) is 1. The minimum Gasteiger partial charge on any atom is -0.494 e. The Morgan fingerprint density at radius 3 is 2.39 bits per heavy atom. The Bertz CT molecular complexity index is 1520. The van der Waals surface area contributed by atoms with Crippen LogP contribution in [0.1, 0.15) is 68.2 Å². The summed E-state index contributed by atoms with van der Waals surface area (Å²) < 4.78 is 11.5. The molecule has 5 rings (SSSR count). The Morgan fingerprint density at radius 1 is 0.939 bits per heavy atom. The number of hydrogen-bond donors (Lipinski definition) is 3. The number of fused-ring (bicyclic) bond motifs is 4. The first kappa shape index (κ1) is 37.0. The first-order valence-corrected chi connectivity index (χ1v) is 17.4. The summed E-state index contributed by atoms with van der Waals surface area (Å²) in [6.07, 6.45) is 2.38. The van der Waals surface area contributed by atoms with Gasteiger partial charge in [0.1, 0.15) is 24.4 Å².